The van der Waals surface area contributed by atoms with E-state index in [1.54, 1.807) is 0 Å². The summed E-state index contributed by atoms with van der Waals surface area (Å²) < 4.78 is 0. The van der Waals surface area contributed by atoms with Crippen molar-refractivity contribution >= 4 is 23.4 Å². The van der Waals surface area contributed by atoms with E-state index in [1.807, 2.05) is 0 Å². The molecule has 2 aliphatic carbocycles. The van der Waals surface area contributed by atoms with E-state index in [0.717, 1.165) is 0 Å². The molecule has 0 saturated heterocycles. The van der Waals surface area contributed by atoms with E-state index in [-0.39, 0.29) is 0 Å². The first kappa shape index (κ1) is 14.6. The molecule has 0 unspecified atom stereocenters. The van der Waals surface area contributed by atoms with E-state index in [4.69, 9.17) is 18.0 Å². The minimum absolute atomic E-state index is 0.496. The summed E-state index contributed by atoms with van der Waals surface area (Å²) in [4.78, 5) is 13.4. The second-order valence-electron chi connectivity index (χ2n) is 5.79. The van der Waals surface area contributed by atoms with Crippen LogP contribution in [0.25, 0.3) is 0 Å². The number of hydrogen-bond donors (Lipinski definition) is 2. The van der Waals surface area contributed by atoms with Crippen molar-refractivity contribution in [3.05, 3.63) is 0 Å². The van der Waals surface area contributed by atoms with E-state index >= 15 is 0 Å². The highest BCUT2D eigenvalue weighted by molar-refractivity contribution is 7.80. The number of hydrogen-bond acceptors (Lipinski definition) is 2. The van der Waals surface area contributed by atoms with Crippen LogP contribution in [0.1, 0.15) is 64.2 Å². The van der Waals surface area contributed by atoms with E-state index < -0.39 is 6.03 Å². The maximum absolute atomic E-state index is 11.1. The fraction of sp³-hybridized carbons (Fsp3) is 0.857. The standard InChI is InChI=1S/C14H25N3OS/c15-13(18)16-14(19)17(11-7-3-1-4-8-11)12-9-5-2-6-10-12/h11-12H,1-10H2,(H3,15,16,18,19). The molecule has 0 aromatic heterocycles. The number of thiocarbonyl (C=S) groups is 1. The molecule has 2 aliphatic rings. The predicted molar refractivity (Wildman–Crippen MR) is 80.9 cm³/mol. The summed E-state index contributed by atoms with van der Waals surface area (Å²) in [5.74, 6) is 0. The summed E-state index contributed by atoms with van der Waals surface area (Å²) >= 11 is 5.43. The number of nitrogens with zero attached hydrogens (tertiary/aromatic N) is 1. The van der Waals surface area contributed by atoms with Crippen LogP contribution >= 0.6 is 12.2 Å². The van der Waals surface area contributed by atoms with Gasteiger partial charge in [-0.2, -0.15) is 0 Å². The summed E-state index contributed by atoms with van der Waals surface area (Å²) in [6.07, 6.45) is 12.5. The third-order valence-corrected chi connectivity index (χ3v) is 4.71. The Morgan fingerprint density at radius 1 is 0.947 bits per heavy atom. The number of nitrogens with two attached hydrogens (primary N) is 1. The fourth-order valence-electron chi connectivity index (χ4n) is 3.52. The second kappa shape index (κ2) is 7.08. The van der Waals surface area contributed by atoms with Crippen LogP contribution in [0.4, 0.5) is 4.79 Å². The molecule has 2 fully saturated rings. The Morgan fingerprint density at radius 2 is 1.37 bits per heavy atom. The number of primary amides is 1. The van der Waals surface area contributed by atoms with Crippen molar-refractivity contribution in [1.29, 1.82) is 0 Å². The minimum Gasteiger partial charge on any atom is -0.351 e. The van der Waals surface area contributed by atoms with Crippen molar-refractivity contribution in [3.63, 3.8) is 0 Å². The van der Waals surface area contributed by atoms with Gasteiger partial charge < -0.3 is 10.6 Å². The van der Waals surface area contributed by atoms with Gasteiger partial charge in [0.05, 0.1) is 0 Å². The van der Waals surface area contributed by atoms with Gasteiger partial charge in [-0.25, -0.2) is 4.79 Å². The zero-order valence-corrected chi connectivity index (χ0v) is 12.4. The van der Waals surface area contributed by atoms with Gasteiger partial charge in [-0.05, 0) is 37.9 Å². The predicted octanol–water partition coefficient (Wildman–Crippen LogP) is 2.91. The summed E-state index contributed by atoms with van der Waals surface area (Å²) in [6.45, 7) is 0. The van der Waals surface area contributed by atoms with Crippen LogP contribution in [-0.4, -0.2) is 28.1 Å². The van der Waals surface area contributed by atoms with Gasteiger partial charge in [-0.3, -0.25) is 5.32 Å². The number of urea groups is 1. The molecule has 0 aliphatic heterocycles. The highest BCUT2D eigenvalue weighted by Crippen LogP contribution is 2.30. The van der Waals surface area contributed by atoms with Crippen molar-refractivity contribution in [1.82, 2.24) is 10.2 Å². The highest BCUT2D eigenvalue weighted by atomic mass is 32.1. The molecule has 2 saturated carbocycles. The number of nitrogens with one attached hydrogen (secondary N) is 1. The SMILES string of the molecule is NC(=O)NC(=S)N(C1CCCCC1)C1CCCCC1. The minimum atomic E-state index is -0.540. The first-order valence-corrected chi connectivity index (χ1v) is 7.98. The molecule has 5 heteroatoms. The molecule has 2 rings (SSSR count). The molecule has 3 N–H and O–H groups in total. The van der Waals surface area contributed by atoms with Gasteiger partial charge in [0.15, 0.2) is 5.11 Å². The lowest BCUT2D eigenvalue weighted by molar-refractivity contribution is 0.156. The van der Waals surface area contributed by atoms with Crippen LogP contribution < -0.4 is 11.1 Å². The van der Waals surface area contributed by atoms with Gasteiger partial charge in [0, 0.05) is 12.1 Å². The first-order chi connectivity index (χ1) is 9.18. The largest absolute Gasteiger partial charge is 0.351 e. The number of carbonyl (C=O) groups excluding carboxylic acids is 1. The first-order valence-electron chi connectivity index (χ1n) is 7.57. The van der Waals surface area contributed by atoms with Crippen LogP contribution in [0.3, 0.4) is 0 Å². The molecule has 4 nitrogen and oxygen atoms in total. The molecule has 0 spiro atoms. The van der Waals surface area contributed by atoms with Gasteiger partial charge in [0.2, 0.25) is 0 Å². The Kier molecular flexibility index (Phi) is 5.43. The summed E-state index contributed by atoms with van der Waals surface area (Å²) in [5, 5.41) is 3.18. The van der Waals surface area contributed by atoms with E-state index in [0.29, 0.717) is 17.2 Å². The molecule has 0 heterocycles. The maximum atomic E-state index is 11.1. The molecular weight excluding hydrogens is 258 g/mol. The quantitative estimate of drug-likeness (QED) is 0.766. The van der Waals surface area contributed by atoms with Gasteiger partial charge in [-0.1, -0.05) is 38.5 Å². The Balaban J connectivity index is 2.06. The zero-order valence-electron chi connectivity index (χ0n) is 11.6. The van der Waals surface area contributed by atoms with Gasteiger partial charge in [-0.15, -0.1) is 0 Å². The fourth-order valence-corrected chi connectivity index (χ4v) is 3.92. The van der Waals surface area contributed by atoms with Crippen molar-refractivity contribution < 1.29 is 4.79 Å². The molecular formula is C14H25N3OS. The van der Waals surface area contributed by atoms with Crippen molar-refractivity contribution in [3.8, 4) is 0 Å². The maximum Gasteiger partial charge on any atom is 0.318 e. The molecule has 108 valence electrons. The normalized spacial score (nSPS) is 21.9. The number of amides is 2. The molecule has 2 amide bonds. The lowest BCUT2D eigenvalue weighted by atomic mass is 9.89. The molecule has 0 atom stereocenters. The molecule has 19 heavy (non-hydrogen) atoms. The topological polar surface area (TPSA) is 58.4 Å². The monoisotopic (exact) mass is 283 g/mol. The van der Waals surface area contributed by atoms with Crippen molar-refractivity contribution in [2.75, 3.05) is 0 Å². The lowest BCUT2D eigenvalue weighted by Crippen LogP contribution is -2.54. The van der Waals surface area contributed by atoms with E-state index in [9.17, 15) is 4.79 Å². The van der Waals surface area contributed by atoms with Crippen molar-refractivity contribution in [2.24, 2.45) is 5.73 Å². The molecule has 0 aromatic carbocycles. The molecule has 0 aromatic rings. The smallest absolute Gasteiger partial charge is 0.318 e. The third kappa shape index (κ3) is 4.06. The summed E-state index contributed by atoms with van der Waals surface area (Å²) in [5.41, 5.74) is 5.23. The van der Waals surface area contributed by atoms with E-state index in [1.165, 1.54) is 64.2 Å². The van der Waals surface area contributed by atoms with Crippen molar-refractivity contribution in [2.45, 2.75) is 76.3 Å². The van der Waals surface area contributed by atoms with Gasteiger partial charge in [0.1, 0.15) is 0 Å². The van der Waals surface area contributed by atoms with Crippen LogP contribution in [-0.2, 0) is 0 Å². The molecule has 0 bridgehead atoms. The van der Waals surface area contributed by atoms with Crippen LogP contribution in [0.5, 0.6) is 0 Å². The summed E-state index contributed by atoms with van der Waals surface area (Å²) in [7, 11) is 0. The lowest BCUT2D eigenvalue weighted by Gasteiger charge is -2.43. The second-order valence-corrected chi connectivity index (χ2v) is 6.17. The van der Waals surface area contributed by atoms with Crippen LogP contribution in [0, 0.1) is 0 Å². The zero-order chi connectivity index (χ0) is 13.7. The summed E-state index contributed by atoms with van der Waals surface area (Å²) in [6, 6.07) is 0.453. The Hall–Kier alpha value is -0.840. The Morgan fingerprint density at radius 3 is 1.74 bits per heavy atom. The van der Waals surface area contributed by atoms with Crippen LogP contribution in [0.2, 0.25) is 0 Å². The van der Waals surface area contributed by atoms with Gasteiger partial charge >= 0.3 is 6.03 Å². The Labute approximate surface area is 121 Å². The van der Waals surface area contributed by atoms with Gasteiger partial charge in [0.25, 0.3) is 0 Å². The molecule has 0 radical (unpaired) electrons. The van der Waals surface area contributed by atoms with E-state index in [2.05, 4.69) is 10.2 Å². The third-order valence-electron chi connectivity index (χ3n) is 4.40. The van der Waals surface area contributed by atoms with Crippen LogP contribution in [0.15, 0.2) is 0 Å². The number of carbonyl (C=O) groups is 1. The Bertz CT molecular complexity index is 305. The average Bonchev–Trinajstić information content (AvgIpc) is 2.40. The number of rotatable bonds is 2. The highest BCUT2D eigenvalue weighted by Gasteiger charge is 2.30. The average molecular weight is 283 g/mol.